The molecule has 1 unspecified atom stereocenters. The van der Waals surface area contributed by atoms with Gasteiger partial charge in [-0.25, -0.2) is 9.78 Å². The van der Waals surface area contributed by atoms with Gasteiger partial charge >= 0.3 is 0 Å². The lowest BCUT2D eigenvalue weighted by Gasteiger charge is -2.60. The fourth-order valence-corrected chi connectivity index (χ4v) is 6.32. The van der Waals surface area contributed by atoms with Gasteiger partial charge in [0.05, 0.1) is 13.2 Å². The highest BCUT2D eigenvalue weighted by Gasteiger charge is 2.69. The molecular weight excluding hydrogens is 424 g/mol. The van der Waals surface area contributed by atoms with Gasteiger partial charge in [0.15, 0.2) is 24.0 Å². The van der Waals surface area contributed by atoms with Crippen LogP contribution < -0.4 is 4.74 Å². The van der Waals surface area contributed by atoms with Crippen molar-refractivity contribution in [3.05, 3.63) is 29.8 Å². The van der Waals surface area contributed by atoms with Crippen LogP contribution in [-0.2, 0) is 24.0 Å². The van der Waals surface area contributed by atoms with Crippen molar-refractivity contribution in [2.24, 2.45) is 23.7 Å². The van der Waals surface area contributed by atoms with E-state index < -0.39 is 17.7 Å². The highest BCUT2D eigenvalue weighted by Crippen LogP contribution is 2.60. The van der Waals surface area contributed by atoms with Gasteiger partial charge in [0.1, 0.15) is 5.75 Å². The predicted molar refractivity (Wildman–Crippen MR) is 119 cm³/mol. The van der Waals surface area contributed by atoms with Crippen LogP contribution in [0.25, 0.3) is 0 Å². The van der Waals surface area contributed by atoms with E-state index in [0.29, 0.717) is 36.4 Å². The lowest BCUT2D eigenvalue weighted by Crippen LogP contribution is -2.70. The van der Waals surface area contributed by atoms with Crippen LogP contribution in [0.4, 0.5) is 0 Å². The summed E-state index contributed by atoms with van der Waals surface area (Å²) in [5.74, 6) is 1.28. The number of hydrogen-bond acceptors (Lipinski definition) is 7. The van der Waals surface area contributed by atoms with Gasteiger partial charge in [-0.1, -0.05) is 26.0 Å². The summed E-state index contributed by atoms with van der Waals surface area (Å²) in [7, 11) is 0. The Hall–Kier alpha value is -1.51. The summed E-state index contributed by atoms with van der Waals surface area (Å²) >= 11 is 0. The minimum Gasteiger partial charge on any atom is -0.493 e. The van der Waals surface area contributed by atoms with Crippen LogP contribution in [0, 0.1) is 23.7 Å². The maximum atomic E-state index is 11.5. The topological polar surface area (TPSA) is 72.5 Å². The first kappa shape index (κ1) is 23.2. The minimum atomic E-state index is -0.773. The zero-order valence-corrected chi connectivity index (χ0v) is 20.1. The van der Waals surface area contributed by atoms with Gasteiger partial charge in [0, 0.05) is 30.2 Å². The molecule has 1 aromatic rings. The van der Waals surface area contributed by atoms with Gasteiger partial charge < -0.3 is 18.9 Å². The summed E-state index contributed by atoms with van der Waals surface area (Å²) < 4.78 is 24.8. The predicted octanol–water partition coefficient (Wildman–Crippen LogP) is 4.88. The fourth-order valence-electron chi connectivity index (χ4n) is 6.32. The number of ketones is 1. The van der Waals surface area contributed by atoms with Crippen molar-refractivity contribution in [2.45, 2.75) is 83.8 Å². The minimum absolute atomic E-state index is 0.0296. The maximum Gasteiger partial charge on any atom is 0.201 e. The molecule has 4 aliphatic heterocycles. The fraction of sp³-hybridized carbons (Fsp3) is 0.731. The molecule has 182 valence electrons. The van der Waals surface area contributed by atoms with Crippen LogP contribution in [0.1, 0.15) is 70.2 Å². The average molecular weight is 461 g/mol. The Bertz CT molecular complexity index is 874. The molecule has 5 fully saturated rings. The zero-order valence-electron chi connectivity index (χ0n) is 20.1. The van der Waals surface area contributed by atoms with Gasteiger partial charge in [0.2, 0.25) is 5.79 Å². The van der Waals surface area contributed by atoms with Crippen LogP contribution in [0.3, 0.4) is 0 Å². The van der Waals surface area contributed by atoms with Crippen molar-refractivity contribution >= 4 is 5.78 Å². The second-order valence-electron chi connectivity index (χ2n) is 10.4. The number of Topliss-reactive ketones (excluding diaryl/α,β-unsaturated/α-hetero) is 1. The second-order valence-corrected chi connectivity index (χ2v) is 10.4. The first-order chi connectivity index (χ1) is 15.8. The summed E-state index contributed by atoms with van der Waals surface area (Å²) in [6.07, 6.45) is 3.93. The third kappa shape index (κ3) is 4.12. The zero-order chi connectivity index (χ0) is 23.2. The largest absolute Gasteiger partial charge is 0.493 e. The molecule has 0 aromatic heterocycles. The summed E-state index contributed by atoms with van der Waals surface area (Å²) in [5.41, 5.74) is 0.0949. The summed E-state index contributed by atoms with van der Waals surface area (Å²) in [6.45, 7) is 9.02. The molecule has 4 heterocycles. The normalized spacial score (nSPS) is 41.8. The Morgan fingerprint density at radius 1 is 1.12 bits per heavy atom. The van der Waals surface area contributed by atoms with E-state index >= 15 is 0 Å². The molecule has 7 nitrogen and oxygen atoms in total. The van der Waals surface area contributed by atoms with E-state index in [2.05, 4.69) is 13.8 Å². The number of rotatable bonds is 7. The van der Waals surface area contributed by atoms with Crippen molar-refractivity contribution in [3.63, 3.8) is 0 Å². The highest BCUT2D eigenvalue weighted by molar-refractivity contribution is 5.94. The lowest BCUT2D eigenvalue weighted by molar-refractivity contribution is -0.577. The first-order valence-electron chi connectivity index (χ1n) is 12.4. The monoisotopic (exact) mass is 460 g/mol. The Morgan fingerprint density at radius 3 is 2.79 bits per heavy atom. The molecule has 0 amide bonds. The molecule has 1 aromatic carbocycles. The Kier molecular flexibility index (Phi) is 6.29. The van der Waals surface area contributed by atoms with Gasteiger partial charge in [-0.3, -0.25) is 4.79 Å². The molecule has 5 aliphatic rings. The van der Waals surface area contributed by atoms with Gasteiger partial charge in [-0.2, -0.15) is 0 Å². The van der Waals surface area contributed by atoms with Crippen LogP contribution in [0.15, 0.2) is 24.3 Å². The molecule has 2 bridgehead atoms. The summed E-state index contributed by atoms with van der Waals surface area (Å²) in [5, 5.41) is 0. The van der Waals surface area contributed by atoms with Crippen LogP contribution in [0.2, 0.25) is 0 Å². The van der Waals surface area contributed by atoms with Gasteiger partial charge in [0.25, 0.3) is 0 Å². The molecule has 4 saturated heterocycles. The van der Waals surface area contributed by atoms with Crippen molar-refractivity contribution in [2.75, 3.05) is 13.2 Å². The quantitative estimate of drug-likeness (QED) is 0.326. The standard InChI is InChI=1S/C26H36O7/c1-16-9-10-22-17(2)23(29-14-6-13-28-20-8-5-7-19(15-20)18(3)27)30-24-26(22)21(16)11-12-25(4,31-24)32-33-26/h5,7-8,15-17,21-24H,6,9-14H2,1-4H3/t16-,17-,21?,22+,23+,24-,25-,26-/m1/s1. The van der Waals surface area contributed by atoms with Crippen molar-refractivity contribution in [1.82, 2.24) is 0 Å². The third-order valence-electron chi connectivity index (χ3n) is 8.18. The lowest BCUT2D eigenvalue weighted by atomic mass is 9.58. The van der Waals surface area contributed by atoms with Crippen LogP contribution in [0.5, 0.6) is 5.75 Å². The third-order valence-corrected chi connectivity index (χ3v) is 8.18. The Balaban J connectivity index is 1.20. The van der Waals surface area contributed by atoms with Crippen molar-refractivity contribution in [1.29, 1.82) is 0 Å². The van der Waals surface area contributed by atoms with E-state index in [1.165, 1.54) is 6.42 Å². The molecular formula is C26H36O7. The van der Waals surface area contributed by atoms with E-state index in [-0.39, 0.29) is 23.9 Å². The van der Waals surface area contributed by atoms with Gasteiger partial charge in [-0.05, 0) is 57.1 Å². The molecule has 1 spiro atoms. The second kappa shape index (κ2) is 8.93. The Labute approximate surface area is 195 Å². The number of fused-ring (bicyclic) bond motifs is 2. The van der Waals surface area contributed by atoms with E-state index in [9.17, 15) is 4.79 Å². The summed E-state index contributed by atoms with van der Waals surface area (Å²) in [6, 6.07) is 7.26. The van der Waals surface area contributed by atoms with Gasteiger partial charge in [-0.15, -0.1) is 0 Å². The SMILES string of the molecule is CC(=O)c1cccc(OCCCO[C@H]2O[C@@H]3O[C@@]4(C)CCC5[C@H](C)CC[C@@H]([C@H]2C)[C@]53OO4)c1. The first-order valence-corrected chi connectivity index (χ1v) is 12.4. The number of carbonyl (C=O) groups is 1. The molecule has 8 atom stereocenters. The maximum absolute atomic E-state index is 11.5. The van der Waals surface area contributed by atoms with Crippen LogP contribution in [-0.4, -0.2) is 43.0 Å². The van der Waals surface area contributed by atoms with E-state index in [0.717, 1.165) is 25.7 Å². The van der Waals surface area contributed by atoms with Crippen LogP contribution >= 0.6 is 0 Å². The Morgan fingerprint density at radius 2 is 1.97 bits per heavy atom. The number of ether oxygens (including phenoxy) is 4. The number of carbonyl (C=O) groups excluding carboxylic acids is 1. The molecule has 6 rings (SSSR count). The van der Waals surface area contributed by atoms with Crippen molar-refractivity contribution in [3.8, 4) is 5.75 Å². The average Bonchev–Trinajstić information content (AvgIpc) is 3.03. The van der Waals surface area contributed by atoms with E-state index in [1.54, 1.807) is 19.1 Å². The van der Waals surface area contributed by atoms with E-state index in [4.69, 9.17) is 28.7 Å². The molecule has 7 heteroatoms. The van der Waals surface area contributed by atoms with Crippen molar-refractivity contribution < 1.29 is 33.5 Å². The molecule has 1 saturated carbocycles. The van der Waals surface area contributed by atoms with E-state index in [1.807, 2.05) is 19.1 Å². The smallest absolute Gasteiger partial charge is 0.201 e. The molecule has 1 aliphatic carbocycles. The molecule has 0 radical (unpaired) electrons. The molecule has 0 N–H and O–H groups in total. The summed E-state index contributed by atoms with van der Waals surface area (Å²) in [4.78, 5) is 23.6. The highest BCUT2D eigenvalue weighted by atomic mass is 17.3. The molecule has 33 heavy (non-hydrogen) atoms. The number of hydrogen-bond donors (Lipinski definition) is 0. The number of benzene rings is 1.